The highest BCUT2D eigenvalue weighted by Gasteiger charge is 2.26. The van der Waals surface area contributed by atoms with Gasteiger partial charge >= 0.3 is 12.0 Å². The van der Waals surface area contributed by atoms with E-state index in [2.05, 4.69) is 20.9 Å². The van der Waals surface area contributed by atoms with Gasteiger partial charge in [-0.3, -0.25) is 4.79 Å². The zero-order valence-electron chi connectivity index (χ0n) is 16.7. The minimum atomic E-state index is -0.0830. The fraction of sp³-hybridized carbons (Fsp3) is 0.364. The predicted molar refractivity (Wildman–Crippen MR) is 111 cm³/mol. The van der Waals surface area contributed by atoms with Gasteiger partial charge in [-0.15, -0.1) is 0 Å². The van der Waals surface area contributed by atoms with Crippen molar-refractivity contribution in [1.82, 2.24) is 15.0 Å². The van der Waals surface area contributed by atoms with Crippen molar-refractivity contribution in [3.63, 3.8) is 0 Å². The number of rotatable bonds is 5. The van der Waals surface area contributed by atoms with Crippen molar-refractivity contribution in [2.75, 3.05) is 31.7 Å². The zero-order chi connectivity index (χ0) is 20.2. The summed E-state index contributed by atoms with van der Waals surface area (Å²) in [4.78, 5) is 27.6. The van der Waals surface area contributed by atoms with Crippen LogP contribution >= 0.6 is 0 Å². The first-order chi connectivity index (χ1) is 14.2. The molecule has 0 saturated carbocycles. The van der Waals surface area contributed by atoms with Gasteiger partial charge in [-0.25, -0.2) is 15.0 Å². The van der Waals surface area contributed by atoms with Gasteiger partial charge in [0.1, 0.15) is 5.82 Å². The maximum Gasteiger partial charge on any atom is 0.316 e. The Morgan fingerprint density at radius 3 is 2.59 bits per heavy atom. The molecule has 29 heavy (non-hydrogen) atoms. The smallest absolute Gasteiger partial charge is 0.316 e. The van der Waals surface area contributed by atoms with E-state index < -0.39 is 0 Å². The van der Waals surface area contributed by atoms with Crippen LogP contribution in [0.3, 0.4) is 0 Å². The fourth-order valence-corrected chi connectivity index (χ4v) is 3.71. The Hall–Kier alpha value is -3.22. The van der Waals surface area contributed by atoms with Crippen molar-refractivity contribution in [3.05, 3.63) is 42.7 Å². The van der Waals surface area contributed by atoms with Gasteiger partial charge in [0.25, 0.3) is 0 Å². The SMILES string of the molecule is CCOC(=O)C1CCN(c2ccc3cccc(-c4cnc(OC)nc4)c3n2)CC1. The molecule has 0 atom stereocenters. The first-order valence-corrected chi connectivity index (χ1v) is 9.87. The number of methoxy groups -OCH3 is 1. The van der Waals surface area contributed by atoms with Gasteiger partial charge in [0, 0.05) is 42.0 Å². The largest absolute Gasteiger partial charge is 0.467 e. The van der Waals surface area contributed by atoms with E-state index in [1.807, 2.05) is 31.2 Å². The lowest BCUT2D eigenvalue weighted by Gasteiger charge is -2.31. The summed E-state index contributed by atoms with van der Waals surface area (Å²) in [6.07, 6.45) is 5.07. The molecular formula is C22H24N4O3. The molecule has 1 aliphatic heterocycles. The van der Waals surface area contributed by atoms with Gasteiger partial charge < -0.3 is 14.4 Å². The summed E-state index contributed by atoms with van der Waals surface area (Å²) in [6, 6.07) is 10.6. The van der Waals surface area contributed by atoms with Crippen LogP contribution in [-0.2, 0) is 9.53 Å². The Kier molecular flexibility index (Phi) is 5.55. The Labute approximate surface area is 169 Å². The number of esters is 1. The Morgan fingerprint density at radius 1 is 1.14 bits per heavy atom. The van der Waals surface area contributed by atoms with Crippen LogP contribution in [-0.4, -0.2) is 47.7 Å². The van der Waals surface area contributed by atoms with Gasteiger partial charge in [-0.05, 0) is 31.9 Å². The van der Waals surface area contributed by atoms with E-state index in [1.54, 1.807) is 19.5 Å². The minimum absolute atomic E-state index is 0.0151. The molecule has 2 aromatic heterocycles. The van der Waals surface area contributed by atoms with Gasteiger partial charge in [0.15, 0.2) is 0 Å². The first kappa shape index (κ1) is 19.1. The molecule has 0 N–H and O–H groups in total. The van der Waals surface area contributed by atoms with Crippen molar-refractivity contribution >= 4 is 22.7 Å². The van der Waals surface area contributed by atoms with E-state index in [0.717, 1.165) is 53.8 Å². The molecule has 1 aromatic carbocycles. The molecule has 0 unspecified atom stereocenters. The van der Waals surface area contributed by atoms with Crippen LogP contribution in [0.2, 0.25) is 0 Å². The number of anilines is 1. The molecule has 1 fully saturated rings. The highest BCUT2D eigenvalue weighted by molar-refractivity contribution is 5.94. The monoisotopic (exact) mass is 392 g/mol. The summed E-state index contributed by atoms with van der Waals surface area (Å²) >= 11 is 0. The molecule has 4 rings (SSSR count). The number of hydrogen-bond donors (Lipinski definition) is 0. The first-order valence-electron chi connectivity index (χ1n) is 9.87. The van der Waals surface area contributed by atoms with Crippen LogP contribution in [0.4, 0.5) is 5.82 Å². The molecule has 0 radical (unpaired) electrons. The maximum atomic E-state index is 12.0. The lowest BCUT2D eigenvalue weighted by molar-refractivity contribution is -0.148. The molecule has 0 amide bonds. The second-order valence-electron chi connectivity index (χ2n) is 7.02. The summed E-state index contributed by atoms with van der Waals surface area (Å²) in [5, 5.41) is 1.06. The summed E-state index contributed by atoms with van der Waals surface area (Å²) in [6.45, 7) is 3.85. The minimum Gasteiger partial charge on any atom is -0.467 e. The van der Waals surface area contributed by atoms with Crippen molar-refractivity contribution in [3.8, 4) is 17.1 Å². The number of ether oxygens (including phenoxy) is 2. The summed E-state index contributed by atoms with van der Waals surface area (Å²) < 4.78 is 10.2. The molecule has 150 valence electrons. The molecule has 7 heteroatoms. The van der Waals surface area contributed by atoms with E-state index in [-0.39, 0.29) is 11.9 Å². The topological polar surface area (TPSA) is 77.4 Å². The van der Waals surface area contributed by atoms with E-state index in [4.69, 9.17) is 14.5 Å². The van der Waals surface area contributed by atoms with Crippen LogP contribution in [0.1, 0.15) is 19.8 Å². The number of carbonyl (C=O) groups is 1. The number of aromatic nitrogens is 3. The second kappa shape index (κ2) is 8.43. The number of piperidine rings is 1. The van der Waals surface area contributed by atoms with Crippen LogP contribution < -0.4 is 9.64 Å². The number of benzene rings is 1. The Bertz CT molecular complexity index is 999. The highest BCUT2D eigenvalue weighted by atomic mass is 16.5. The zero-order valence-corrected chi connectivity index (χ0v) is 16.7. The van der Waals surface area contributed by atoms with Crippen molar-refractivity contribution in [1.29, 1.82) is 0 Å². The lowest BCUT2D eigenvalue weighted by atomic mass is 9.97. The molecule has 1 aliphatic rings. The Morgan fingerprint density at radius 2 is 1.90 bits per heavy atom. The Balaban J connectivity index is 1.60. The molecule has 0 aliphatic carbocycles. The summed E-state index contributed by atoms with van der Waals surface area (Å²) in [7, 11) is 1.55. The number of nitrogens with zero attached hydrogens (tertiary/aromatic N) is 4. The van der Waals surface area contributed by atoms with Crippen molar-refractivity contribution < 1.29 is 14.3 Å². The average molecular weight is 392 g/mol. The third-order valence-electron chi connectivity index (χ3n) is 5.27. The molecule has 3 heterocycles. The van der Waals surface area contributed by atoms with Crippen molar-refractivity contribution in [2.24, 2.45) is 5.92 Å². The highest BCUT2D eigenvalue weighted by Crippen LogP contribution is 2.30. The van der Waals surface area contributed by atoms with E-state index in [1.165, 1.54) is 0 Å². The average Bonchev–Trinajstić information content (AvgIpc) is 2.78. The normalized spacial score (nSPS) is 14.8. The molecular weight excluding hydrogens is 368 g/mol. The van der Waals surface area contributed by atoms with E-state index in [0.29, 0.717) is 12.6 Å². The van der Waals surface area contributed by atoms with Crippen LogP contribution in [0.25, 0.3) is 22.0 Å². The van der Waals surface area contributed by atoms with E-state index in [9.17, 15) is 4.79 Å². The number of hydrogen-bond acceptors (Lipinski definition) is 7. The predicted octanol–water partition coefficient (Wildman–Crippen LogP) is 3.48. The maximum absolute atomic E-state index is 12.0. The molecule has 3 aromatic rings. The molecule has 0 bridgehead atoms. The van der Waals surface area contributed by atoms with Gasteiger partial charge in [-0.2, -0.15) is 0 Å². The summed E-state index contributed by atoms with van der Waals surface area (Å²) in [5.74, 6) is 0.820. The standard InChI is InChI=1S/C22H24N4O3/c1-3-29-21(27)16-9-11-26(12-10-16)19-8-7-15-5-4-6-18(20(15)25-19)17-13-23-22(28-2)24-14-17/h4-8,13-14,16H,3,9-12H2,1-2H3. The van der Waals surface area contributed by atoms with Crippen LogP contribution in [0, 0.1) is 5.92 Å². The number of para-hydroxylation sites is 1. The molecule has 0 spiro atoms. The van der Waals surface area contributed by atoms with E-state index >= 15 is 0 Å². The van der Waals surface area contributed by atoms with Crippen molar-refractivity contribution in [2.45, 2.75) is 19.8 Å². The fourth-order valence-electron chi connectivity index (χ4n) is 3.71. The third kappa shape index (κ3) is 3.99. The third-order valence-corrected chi connectivity index (χ3v) is 5.27. The number of carbonyl (C=O) groups excluding carboxylic acids is 1. The van der Waals surface area contributed by atoms with Crippen LogP contribution in [0.15, 0.2) is 42.7 Å². The van der Waals surface area contributed by atoms with Gasteiger partial charge in [0.2, 0.25) is 0 Å². The summed E-state index contributed by atoms with van der Waals surface area (Å²) in [5.41, 5.74) is 2.78. The number of fused-ring (bicyclic) bond motifs is 1. The van der Waals surface area contributed by atoms with Crippen LogP contribution in [0.5, 0.6) is 6.01 Å². The quantitative estimate of drug-likeness (QED) is 0.615. The molecule has 7 nitrogen and oxygen atoms in total. The van der Waals surface area contributed by atoms with Gasteiger partial charge in [0.05, 0.1) is 25.2 Å². The number of pyridine rings is 1. The second-order valence-corrected chi connectivity index (χ2v) is 7.02. The van der Waals surface area contributed by atoms with Gasteiger partial charge in [-0.1, -0.05) is 18.2 Å². The molecule has 1 saturated heterocycles. The lowest BCUT2D eigenvalue weighted by Crippen LogP contribution is -2.37.